The molecule has 0 aromatic heterocycles. The average Bonchev–Trinajstić information content (AvgIpc) is 2.31. The zero-order chi connectivity index (χ0) is 13.4. The van der Waals surface area contributed by atoms with Crippen LogP contribution in [0.5, 0.6) is 0 Å². The van der Waals surface area contributed by atoms with Crippen molar-refractivity contribution in [3.05, 3.63) is 12.7 Å². The van der Waals surface area contributed by atoms with E-state index in [1.807, 2.05) is 32.0 Å². The fourth-order valence-electron chi connectivity index (χ4n) is 1.74. The van der Waals surface area contributed by atoms with Crippen molar-refractivity contribution in [2.45, 2.75) is 58.7 Å². The van der Waals surface area contributed by atoms with E-state index >= 15 is 0 Å². The first-order valence-electron chi connectivity index (χ1n) is 6.11. The molecule has 1 aliphatic rings. The minimum absolute atomic E-state index is 0. The number of aliphatic hydroxyl groups is 1. The molecule has 0 radical (unpaired) electrons. The van der Waals surface area contributed by atoms with Gasteiger partial charge in [0.2, 0.25) is 0 Å². The second-order valence-electron chi connectivity index (χ2n) is 4.50. The van der Waals surface area contributed by atoms with Crippen LogP contribution >= 0.6 is 0 Å². The standard InChI is InChI=1S/C9H19NO3.C4H8.CH4/c1-6-5-7(10(2)3)8(11)9(12-4)13-6;1-3-4-2;/h6-9,11H,5H2,1-4H3;3H,1,4H2,2H3;1H4/t6-,7+,8-,9-;;/m1../s1. The molecule has 4 atom stereocenters. The number of hydrogen-bond acceptors (Lipinski definition) is 4. The first-order chi connectivity index (χ1) is 7.97. The quantitative estimate of drug-likeness (QED) is 0.791. The van der Waals surface area contributed by atoms with Crippen molar-refractivity contribution in [1.29, 1.82) is 0 Å². The Morgan fingerprint density at radius 1 is 1.50 bits per heavy atom. The van der Waals surface area contributed by atoms with Crippen LogP contribution < -0.4 is 0 Å². The zero-order valence-corrected chi connectivity index (χ0v) is 11.7. The molecule has 4 heteroatoms. The van der Waals surface area contributed by atoms with Gasteiger partial charge in [-0.1, -0.05) is 20.4 Å². The lowest BCUT2D eigenvalue weighted by molar-refractivity contribution is -0.242. The van der Waals surface area contributed by atoms with Gasteiger partial charge in [0.25, 0.3) is 0 Å². The fourth-order valence-corrected chi connectivity index (χ4v) is 1.74. The predicted molar refractivity (Wildman–Crippen MR) is 76.7 cm³/mol. The molecule has 110 valence electrons. The summed E-state index contributed by atoms with van der Waals surface area (Å²) >= 11 is 0. The maximum Gasteiger partial charge on any atom is 0.184 e. The number of aliphatic hydroxyl groups excluding tert-OH is 1. The third-order valence-corrected chi connectivity index (χ3v) is 2.80. The summed E-state index contributed by atoms with van der Waals surface area (Å²) in [5, 5.41) is 9.83. The van der Waals surface area contributed by atoms with E-state index in [9.17, 15) is 5.11 Å². The first-order valence-corrected chi connectivity index (χ1v) is 6.11. The molecule has 1 fully saturated rings. The largest absolute Gasteiger partial charge is 0.386 e. The van der Waals surface area contributed by atoms with Gasteiger partial charge in [0.05, 0.1) is 6.10 Å². The van der Waals surface area contributed by atoms with E-state index in [-0.39, 0.29) is 19.6 Å². The van der Waals surface area contributed by atoms with Crippen molar-refractivity contribution < 1.29 is 14.6 Å². The summed E-state index contributed by atoms with van der Waals surface area (Å²) in [7, 11) is 5.47. The summed E-state index contributed by atoms with van der Waals surface area (Å²) in [6, 6.07) is 0.119. The Labute approximate surface area is 113 Å². The lowest BCUT2D eigenvalue weighted by Crippen LogP contribution is -2.53. The lowest BCUT2D eigenvalue weighted by atomic mass is 9.99. The van der Waals surface area contributed by atoms with Crippen LogP contribution in [0.4, 0.5) is 0 Å². The number of nitrogens with zero attached hydrogens (tertiary/aromatic N) is 1. The van der Waals surface area contributed by atoms with Crippen molar-refractivity contribution in [2.75, 3.05) is 21.2 Å². The van der Waals surface area contributed by atoms with Crippen LogP contribution in [0.3, 0.4) is 0 Å². The molecule has 0 spiro atoms. The van der Waals surface area contributed by atoms with E-state index in [0.717, 1.165) is 12.8 Å². The monoisotopic (exact) mass is 261 g/mol. The Morgan fingerprint density at radius 3 is 2.33 bits per heavy atom. The number of rotatable bonds is 3. The summed E-state index contributed by atoms with van der Waals surface area (Å²) < 4.78 is 10.5. The molecule has 1 rings (SSSR count). The van der Waals surface area contributed by atoms with Crippen LogP contribution in [0.2, 0.25) is 0 Å². The molecule has 18 heavy (non-hydrogen) atoms. The molecule has 1 N–H and O–H groups in total. The zero-order valence-electron chi connectivity index (χ0n) is 11.7. The molecule has 0 amide bonds. The van der Waals surface area contributed by atoms with Crippen LogP contribution in [0.1, 0.15) is 34.1 Å². The summed E-state index contributed by atoms with van der Waals surface area (Å²) in [6.07, 6.45) is 2.89. The Balaban J connectivity index is 0. The molecule has 1 aliphatic heterocycles. The number of hydrogen-bond donors (Lipinski definition) is 1. The minimum atomic E-state index is -0.559. The third kappa shape index (κ3) is 6.50. The van der Waals surface area contributed by atoms with Gasteiger partial charge in [0, 0.05) is 13.2 Å². The molecule has 0 saturated carbocycles. The Bertz CT molecular complexity index is 209. The highest BCUT2D eigenvalue weighted by Crippen LogP contribution is 2.23. The van der Waals surface area contributed by atoms with Crippen LogP contribution in [-0.2, 0) is 9.47 Å². The smallest absolute Gasteiger partial charge is 0.184 e. The Kier molecular flexibility index (Phi) is 11.6. The molecular formula is C14H31NO3. The number of allylic oxidation sites excluding steroid dienone is 1. The highest BCUT2D eigenvalue weighted by Gasteiger charge is 2.37. The molecule has 0 bridgehead atoms. The topological polar surface area (TPSA) is 41.9 Å². The van der Waals surface area contributed by atoms with Gasteiger partial charge in [-0.3, -0.25) is 0 Å². The molecule has 4 nitrogen and oxygen atoms in total. The van der Waals surface area contributed by atoms with Crippen LogP contribution in [-0.4, -0.2) is 55.8 Å². The van der Waals surface area contributed by atoms with Crippen LogP contribution in [0.25, 0.3) is 0 Å². The number of ether oxygens (including phenoxy) is 2. The fraction of sp³-hybridized carbons (Fsp3) is 0.857. The molecule has 0 aromatic carbocycles. The van der Waals surface area contributed by atoms with Crippen LogP contribution in [0.15, 0.2) is 12.7 Å². The lowest BCUT2D eigenvalue weighted by Gasteiger charge is -2.40. The SMILES string of the molecule is C.C=CCC.CO[C@@H]1O[C@H](C)C[C@H](N(C)C)[C@H]1O. The second-order valence-corrected chi connectivity index (χ2v) is 4.50. The summed E-state index contributed by atoms with van der Waals surface area (Å²) in [5.41, 5.74) is 0. The second kappa shape index (κ2) is 10.5. The number of methoxy groups -OCH3 is 1. The van der Waals surface area contributed by atoms with E-state index < -0.39 is 12.4 Å². The average molecular weight is 261 g/mol. The Hall–Kier alpha value is -0.420. The molecular weight excluding hydrogens is 230 g/mol. The van der Waals surface area contributed by atoms with E-state index in [1.165, 1.54) is 0 Å². The normalized spacial score (nSPS) is 31.1. The van der Waals surface area contributed by atoms with Gasteiger partial charge in [-0.15, -0.1) is 6.58 Å². The van der Waals surface area contributed by atoms with Crippen molar-refractivity contribution in [1.82, 2.24) is 4.90 Å². The first kappa shape index (κ1) is 19.9. The third-order valence-electron chi connectivity index (χ3n) is 2.80. The highest BCUT2D eigenvalue weighted by atomic mass is 16.7. The molecule has 1 heterocycles. The Morgan fingerprint density at radius 2 is 2.00 bits per heavy atom. The van der Waals surface area contributed by atoms with E-state index in [1.54, 1.807) is 7.11 Å². The molecule has 0 aliphatic carbocycles. The predicted octanol–water partition coefficient (Wildman–Crippen LogP) is 2.28. The molecule has 0 aromatic rings. The minimum Gasteiger partial charge on any atom is -0.386 e. The van der Waals surface area contributed by atoms with E-state index in [4.69, 9.17) is 9.47 Å². The van der Waals surface area contributed by atoms with Crippen molar-refractivity contribution in [3.8, 4) is 0 Å². The maximum absolute atomic E-state index is 9.83. The van der Waals surface area contributed by atoms with Crippen molar-refractivity contribution >= 4 is 0 Å². The van der Waals surface area contributed by atoms with Gasteiger partial charge >= 0.3 is 0 Å². The highest BCUT2D eigenvalue weighted by molar-refractivity contribution is 4.84. The summed E-state index contributed by atoms with van der Waals surface area (Å²) in [6.45, 7) is 7.54. The van der Waals surface area contributed by atoms with Gasteiger partial charge in [0.1, 0.15) is 6.10 Å². The number of likely N-dealkylation sites (N-methyl/N-ethyl adjacent to an activating group) is 1. The summed E-state index contributed by atoms with van der Waals surface area (Å²) in [4.78, 5) is 2.01. The van der Waals surface area contributed by atoms with E-state index in [2.05, 4.69) is 13.5 Å². The van der Waals surface area contributed by atoms with E-state index in [0.29, 0.717) is 0 Å². The van der Waals surface area contributed by atoms with Gasteiger partial charge in [-0.2, -0.15) is 0 Å². The maximum atomic E-state index is 9.83. The molecule has 0 unspecified atom stereocenters. The van der Waals surface area contributed by atoms with Crippen molar-refractivity contribution in [2.24, 2.45) is 0 Å². The van der Waals surface area contributed by atoms with Crippen molar-refractivity contribution in [3.63, 3.8) is 0 Å². The van der Waals surface area contributed by atoms with Gasteiger partial charge < -0.3 is 19.5 Å². The van der Waals surface area contributed by atoms with Gasteiger partial charge in [-0.25, -0.2) is 0 Å². The molecule has 1 saturated heterocycles. The van der Waals surface area contributed by atoms with Gasteiger partial charge in [0.15, 0.2) is 6.29 Å². The summed E-state index contributed by atoms with van der Waals surface area (Å²) in [5.74, 6) is 0. The van der Waals surface area contributed by atoms with Gasteiger partial charge in [-0.05, 0) is 33.9 Å². The van der Waals surface area contributed by atoms with Crippen LogP contribution in [0, 0.1) is 0 Å².